The first kappa shape index (κ1) is 7.68. The van der Waals surface area contributed by atoms with E-state index in [-0.39, 0.29) is 5.54 Å². The van der Waals surface area contributed by atoms with Gasteiger partial charge in [0.25, 0.3) is 0 Å². The van der Waals surface area contributed by atoms with Crippen molar-refractivity contribution in [3.05, 3.63) is 11.9 Å². The number of nitrogens with two attached hydrogens (primary N) is 1. The third-order valence-corrected chi connectivity index (χ3v) is 3.73. The summed E-state index contributed by atoms with van der Waals surface area (Å²) in [5, 5.41) is 2.25. The van der Waals surface area contributed by atoms with Gasteiger partial charge in [-0.2, -0.15) is 0 Å². The van der Waals surface area contributed by atoms with Crippen molar-refractivity contribution in [2.75, 3.05) is 7.05 Å². The second kappa shape index (κ2) is 2.21. The van der Waals surface area contributed by atoms with Gasteiger partial charge >= 0.3 is 0 Å². The summed E-state index contributed by atoms with van der Waals surface area (Å²) in [6, 6.07) is 0. The first-order chi connectivity index (χ1) is 6.23. The molecule has 0 amide bonds. The van der Waals surface area contributed by atoms with Gasteiger partial charge in [-0.25, -0.2) is 5.01 Å². The molecule has 3 heteroatoms. The number of nitrogens with one attached hydrogen (secondary N) is 1. The Morgan fingerprint density at radius 2 is 1.92 bits per heavy atom. The summed E-state index contributed by atoms with van der Waals surface area (Å²) in [6.07, 6.45) is 7.79. The van der Waals surface area contributed by atoms with Crippen LogP contribution >= 0.6 is 0 Å². The maximum absolute atomic E-state index is 5.84. The zero-order chi connectivity index (χ0) is 9.05. The van der Waals surface area contributed by atoms with Crippen LogP contribution in [-0.2, 0) is 0 Å². The highest BCUT2D eigenvalue weighted by Gasteiger charge is 2.57. The van der Waals surface area contributed by atoms with Crippen molar-refractivity contribution < 1.29 is 0 Å². The minimum atomic E-state index is 0.282. The van der Waals surface area contributed by atoms with Crippen molar-refractivity contribution in [2.24, 2.45) is 17.6 Å². The van der Waals surface area contributed by atoms with Crippen molar-refractivity contribution in [2.45, 2.75) is 31.2 Å². The second-order valence-electron chi connectivity index (χ2n) is 4.71. The Kier molecular flexibility index (Phi) is 1.30. The molecule has 72 valence electrons. The fourth-order valence-corrected chi connectivity index (χ4v) is 2.88. The van der Waals surface area contributed by atoms with Crippen LogP contribution in [0.2, 0.25) is 0 Å². The predicted octanol–water partition coefficient (Wildman–Crippen LogP) is 0.795. The SMILES string of the molecule is CN1NC(N)=CC1(C1CC1)C1CC1. The van der Waals surface area contributed by atoms with Gasteiger partial charge in [0, 0.05) is 7.05 Å². The van der Waals surface area contributed by atoms with Gasteiger partial charge in [-0.15, -0.1) is 0 Å². The van der Waals surface area contributed by atoms with Crippen LogP contribution in [-0.4, -0.2) is 17.6 Å². The molecule has 0 spiro atoms. The average Bonchev–Trinajstić information content (AvgIpc) is 2.95. The molecule has 13 heavy (non-hydrogen) atoms. The molecule has 0 saturated heterocycles. The van der Waals surface area contributed by atoms with Crippen LogP contribution in [0.3, 0.4) is 0 Å². The third-order valence-electron chi connectivity index (χ3n) is 3.73. The molecule has 0 aromatic rings. The molecule has 1 aliphatic heterocycles. The van der Waals surface area contributed by atoms with Gasteiger partial charge in [0.2, 0.25) is 0 Å². The molecule has 2 aliphatic carbocycles. The molecule has 0 radical (unpaired) electrons. The number of nitrogens with zero attached hydrogens (tertiary/aromatic N) is 1. The van der Waals surface area contributed by atoms with Gasteiger partial charge in [0.15, 0.2) is 0 Å². The maximum Gasteiger partial charge on any atom is 0.108 e. The Balaban J connectivity index is 1.96. The molecule has 2 saturated carbocycles. The highest BCUT2D eigenvalue weighted by Crippen LogP contribution is 2.56. The number of hydrogen-bond acceptors (Lipinski definition) is 3. The summed E-state index contributed by atoms with van der Waals surface area (Å²) < 4.78 is 0. The van der Waals surface area contributed by atoms with E-state index in [0.717, 1.165) is 17.7 Å². The minimum absolute atomic E-state index is 0.282. The molecule has 1 heterocycles. The largest absolute Gasteiger partial charge is 0.385 e. The zero-order valence-electron chi connectivity index (χ0n) is 8.09. The van der Waals surface area contributed by atoms with Crippen LogP contribution in [0.4, 0.5) is 0 Å². The Labute approximate surface area is 78.9 Å². The summed E-state index contributed by atoms with van der Waals surface area (Å²) >= 11 is 0. The molecule has 3 nitrogen and oxygen atoms in total. The van der Waals surface area contributed by atoms with Gasteiger partial charge in [0.1, 0.15) is 5.82 Å². The number of likely N-dealkylation sites (N-methyl/N-ethyl adjacent to an activating group) is 1. The summed E-state index contributed by atoms with van der Waals surface area (Å²) in [6.45, 7) is 0. The van der Waals surface area contributed by atoms with Crippen molar-refractivity contribution in [3.8, 4) is 0 Å². The van der Waals surface area contributed by atoms with E-state index in [1.807, 2.05) is 0 Å². The predicted molar refractivity (Wildman–Crippen MR) is 51.3 cm³/mol. The normalized spacial score (nSPS) is 32.8. The standard InChI is InChI=1S/C10H17N3/c1-13-10(7-2-3-7,8-4-5-8)6-9(11)12-13/h6-8,12H,2-5,11H2,1H3. The van der Waals surface area contributed by atoms with Gasteiger partial charge < -0.3 is 11.2 Å². The first-order valence-electron chi connectivity index (χ1n) is 5.22. The molecule has 3 N–H and O–H groups in total. The summed E-state index contributed by atoms with van der Waals surface area (Å²) in [5.74, 6) is 2.57. The lowest BCUT2D eigenvalue weighted by atomic mass is 9.87. The lowest BCUT2D eigenvalue weighted by molar-refractivity contribution is 0.101. The topological polar surface area (TPSA) is 41.3 Å². The van der Waals surface area contributed by atoms with Crippen LogP contribution in [0.25, 0.3) is 0 Å². The zero-order valence-corrected chi connectivity index (χ0v) is 8.09. The fourth-order valence-electron chi connectivity index (χ4n) is 2.88. The highest BCUT2D eigenvalue weighted by molar-refractivity contribution is 5.26. The quantitative estimate of drug-likeness (QED) is 0.658. The first-order valence-corrected chi connectivity index (χ1v) is 5.22. The Hall–Kier alpha value is -0.700. The molecule has 0 atom stereocenters. The Morgan fingerprint density at radius 1 is 1.38 bits per heavy atom. The van der Waals surface area contributed by atoms with Crippen molar-refractivity contribution >= 4 is 0 Å². The maximum atomic E-state index is 5.84. The van der Waals surface area contributed by atoms with E-state index >= 15 is 0 Å². The molecule has 0 bridgehead atoms. The second-order valence-corrected chi connectivity index (χ2v) is 4.71. The smallest absolute Gasteiger partial charge is 0.108 e. The molecule has 2 fully saturated rings. The van der Waals surface area contributed by atoms with E-state index in [0.29, 0.717) is 0 Å². The van der Waals surface area contributed by atoms with Crippen molar-refractivity contribution in [1.29, 1.82) is 0 Å². The molecular weight excluding hydrogens is 162 g/mol. The van der Waals surface area contributed by atoms with E-state index in [9.17, 15) is 0 Å². The van der Waals surface area contributed by atoms with E-state index in [2.05, 4.69) is 23.6 Å². The molecule has 3 aliphatic rings. The Morgan fingerprint density at radius 3 is 2.23 bits per heavy atom. The number of hydrazine groups is 1. The van der Waals surface area contributed by atoms with Crippen LogP contribution < -0.4 is 11.2 Å². The summed E-state index contributed by atoms with van der Waals surface area (Å²) in [5.41, 5.74) is 9.34. The Bertz CT molecular complexity index is 251. The van der Waals surface area contributed by atoms with Crippen LogP contribution in [0.1, 0.15) is 25.7 Å². The molecule has 0 unspecified atom stereocenters. The fraction of sp³-hybridized carbons (Fsp3) is 0.800. The van der Waals surface area contributed by atoms with Gasteiger partial charge in [-0.05, 0) is 43.6 Å². The molecular formula is C10H17N3. The summed E-state index contributed by atoms with van der Waals surface area (Å²) in [7, 11) is 2.13. The van der Waals surface area contributed by atoms with Crippen LogP contribution in [0, 0.1) is 11.8 Å². The minimum Gasteiger partial charge on any atom is -0.385 e. The van der Waals surface area contributed by atoms with Gasteiger partial charge in [0.05, 0.1) is 5.54 Å². The lowest BCUT2D eigenvalue weighted by Crippen LogP contribution is -2.50. The number of rotatable bonds is 2. The van der Waals surface area contributed by atoms with E-state index < -0.39 is 0 Å². The average molecular weight is 179 g/mol. The third kappa shape index (κ3) is 0.937. The van der Waals surface area contributed by atoms with E-state index in [1.165, 1.54) is 25.7 Å². The molecule has 3 rings (SSSR count). The van der Waals surface area contributed by atoms with E-state index in [4.69, 9.17) is 5.73 Å². The van der Waals surface area contributed by atoms with E-state index in [1.54, 1.807) is 0 Å². The molecule has 0 aromatic carbocycles. The highest BCUT2D eigenvalue weighted by atomic mass is 15.6. The summed E-state index contributed by atoms with van der Waals surface area (Å²) in [4.78, 5) is 0. The lowest BCUT2D eigenvalue weighted by Gasteiger charge is -2.35. The van der Waals surface area contributed by atoms with Crippen LogP contribution in [0.5, 0.6) is 0 Å². The van der Waals surface area contributed by atoms with Gasteiger partial charge in [-0.1, -0.05) is 0 Å². The van der Waals surface area contributed by atoms with Crippen molar-refractivity contribution in [3.63, 3.8) is 0 Å². The molecule has 0 aromatic heterocycles. The van der Waals surface area contributed by atoms with Crippen LogP contribution in [0.15, 0.2) is 11.9 Å². The number of hydrogen-bond donors (Lipinski definition) is 2. The van der Waals surface area contributed by atoms with Gasteiger partial charge in [-0.3, -0.25) is 0 Å². The van der Waals surface area contributed by atoms with Crippen molar-refractivity contribution in [1.82, 2.24) is 10.4 Å². The monoisotopic (exact) mass is 179 g/mol.